The molecule has 1 aromatic heterocycles. The molecule has 1 aromatic rings. The molecule has 0 amide bonds. The lowest BCUT2D eigenvalue weighted by Gasteiger charge is -2.23. The summed E-state index contributed by atoms with van der Waals surface area (Å²) in [5.74, 6) is 0.337. The van der Waals surface area contributed by atoms with Gasteiger partial charge in [0.2, 0.25) is 0 Å². The molecule has 1 rings (SSSR count). The number of hydrogen-bond donors (Lipinski definition) is 1. The molecule has 6 heteroatoms. The Balaban J connectivity index is 2.90. The van der Waals surface area contributed by atoms with Gasteiger partial charge in [-0.1, -0.05) is 13.3 Å². The zero-order valence-corrected chi connectivity index (χ0v) is 10.4. The van der Waals surface area contributed by atoms with Gasteiger partial charge in [0.15, 0.2) is 0 Å². The van der Waals surface area contributed by atoms with Crippen LogP contribution in [0.2, 0.25) is 0 Å². The van der Waals surface area contributed by atoms with Crippen LogP contribution >= 0.6 is 0 Å². The average molecular weight is 261 g/mol. The second kappa shape index (κ2) is 6.58. The summed E-state index contributed by atoms with van der Waals surface area (Å²) in [5, 5.41) is 0. The highest BCUT2D eigenvalue weighted by Gasteiger charge is 2.31. The fraction of sp³-hybridized carbons (Fsp3) is 0.583. The van der Waals surface area contributed by atoms with Crippen molar-refractivity contribution in [2.75, 3.05) is 24.5 Å². The lowest BCUT2D eigenvalue weighted by Crippen LogP contribution is -2.31. The molecule has 0 aliphatic heterocycles. The van der Waals surface area contributed by atoms with Crippen molar-refractivity contribution in [3.05, 3.63) is 23.9 Å². The highest BCUT2D eigenvalue weighted by Crippen LogP contribution is 2.30. The van der Waals surface area contributed by atoms with E-state index >= 15 is 0 Å². The fourth-order valence-corrected chi connectivity index (χ4v) is 1.61. The number of aromatic nitrogens is 1. The van der Waals surface area contributed by atoms with Gasteiger partial charge in [0.05, 0.1) is 5.56 Å². The number of anilines is 1. The molecule has 0 bridgehead atoms. The van der Waals surface area contributed by atoms with E-state index in [2.05, 4.69) is 4.98 Å². The largest absolute Gasteiger partial charge is 0.416 e. The number of unbranched alkanes of at least 4 members (excludes halogenated alkanes) is 1. The van der Waals surface area contributed by atoms with Gasteiger partial charge >= 0.3 is 6.18 Å². The Morgan fingerprint density at radius 3 is 2.61 bits per heavy atom. The number of rotatable bonds is 6. The molecule has 2 N–H and O–H groups in total. The van der Waals surface area contributed by atoms with E-state index in [1.807, 2.05) is 6.92 Å². The van der Waals surface area contributed by atoms with Crippen LogP contribution in [-0.4, -0.2) is 24.6 Å². The molecule has 0 aliphatic rings. The first-order valence-corrected chi connectivity index (χ1v) is 5.97. The van der Waals surface area contributed by atoms with E-state index in [-0.39, 0.29) is 0 Å². The van der Waals surface area contributed by atoms with Crippen molar-refractivity contribution in [1.82, 2.24) is 4.98 Å². The van der Waals surface area contributed by atoms with Crippen LogP contribution in [0.4, 0.5) is 19.0 Å². The minimum atomic E-state index is -4.34. The normalized spacial score (nSPS) is 11.6. The van der Waals surface area contributed by atoms with E-state index in [1.165, 1.54) is 6.20 Å². The van der Waals surface area contributed by atoms with Crippen molar-refractivity contribution in [2.24, 2.45) is 5.73 Å². The van der Waals surface area contributed by atoms with E-state index in [0.717, 1.165) is 25.0 Å². The van der Waals surface area contributed by atoms with Crippen LogP contribution in [0, 0.1) is 0 Å². The van der Waals surface area contributed by atoms with Crippen LogP contribution < -0.4 is 10.6 Å². The SMILES string of the molecule is CCCCN(CCN)c1cc(C(F)(F)F)ccn1. The molecule has 0 radical (unpaired) electrons. The van der Waals surface area contributed by atoms with E-state index < -0.39 is 11.7 Å². The van der Waals surface area contributed by atoms with E-state index in [1.54, 1.807) is 4.90 Å². The lowest BCUT2D eigenvalue weighted by molar-refractivity contribution is -0.137. The maximum absolute atomic E-state index is 12.6. The lowest BCUT2D eigenvalue weighted by atomic mass is 10.2. The fourth-order valence-electron chi connectivity index (χ4n) is 1.61. The van der Waals surface area contributed by atoms with Crippen LogP contribution in [-0.2, 0) is 6.18 Å². The van der Waals surface area contributed by atoms with E-state index in [9.17, 15) is 13.2 Å². The summed E-state index contributed by atoms with van der Waals surface area (Å²) in [4.78, 5) is 5.79. The quantitative estimate of drug-likeness (QED) is 0.856. The molecule has 0 saturated carbocycles. The molecule has 0 aromatic carbocycles. The molecular formula is C12H18F3N3. The zero-order chi connectivity index (χ0) is 13.6. The summed E-state index contributed by atoms with van der Waals surface area (Å²) in [6, 6.07) is 2.05. The molecule has 3 nitrogen and oxygen atoms in total. The molecule has 0 fully saturated rings. The Labute approximate surface area is 105 Å². The van der Waals surface area contributed by atoms with Crippen LogP contribution in [0.25, 0.3) is 0 Å². The third kappa shape index (κ3) is 4.18. The predicted molar refractivity (Wildman–Crippen MR) is 65.4 cm³/mol. The molecule has 0 unspecified atom stereocenters. The molecule has 18 heavy (non-hydrogen) atoms. The summed E-state index contributed by atoms with van der Waals surface area (Å²) in [6.07, 6.45) is -1.28. The Bertz CT molecular complexity index is 366. The first-order valence-electron chi connectivity index (χ1n) is 5.97. The van der Waals surface area contributed by atoms with Crippen molar-refractivity contribution < 1.29 is 13.2 Å². The summed E-state index contributed by atoms with van der Waals surface area (Å²) in [5.41, 5.74) is 4.80. The highest BCUT2D eigenvalue weighted by atomic mass is 19.4. The Morgan fingerprint density at radius 2 is 2.06 bits per heavy atom. The van der Waals surface area contributed by atoms with E-state index in [0.29, 0.717) is 25.5 Å². The molecular weight excluding hydrogens is 243 g/mol. The molecule has 102 valence electrons. The number of hydrogen-bond acceptors (Lipinski definition) is 3. The molecule has 0 atom stereocenters. The number of nitrogens with two attached hydrogens (primary N) is 1. The maximum Gasteiger partial charge on any atom is 0.416 e. The zero-order valence-electron chi connectivity index (χ0n) is 10.4. The van der Waals surface area contributed by atoms with Gasteiger partial charge in [0, 0.05) is 25.8 Å². The van der Waals surface area contributed by atoms with Crippen molar-refractivity contribution in [3.63, 3.8) is 0 Å². The van der Waals surface area contributed by atoms with Crippen molar-refractivity contribution in [1.29, 1.82) is 0 Å². The highest BCUT2D eigenvalue weighted by molar-refractivity contribution is 5.41. The standard InChI is InChI=1S/C12H18F3N3/c1-2-3-7-18(8-5-16)11-9-10(4-6-17-11)12(13,14)15/h4,6,9H,2-3,5,7-8,16H2,1H3. The minimum absolute atomic E-state index is 0.337. The molecule has 0 saturated heterocycles. The van der Waals surface area contributed by atoms with Crippen LogP contribution in [0.1, 0.15) is 25.3 Å². The third-order valence-corrected chi connectivity index (χ3v) is 2.58. The molecule has 0 spiro atoms. The van der Waals surface area contributed by atoms with Gasteiger partial charge in [-0.2, -0.15) is 13.2 Å². The second-order valence-electron chi connectivity index (χ2n) is 4.03. The smallest absolute Gasteiger partial charge is 0.355 e. The van der Waals surface area contributed by atoms with Gasteiger partial charge < -0.3 is 10.6 Å². The first kappa shape index (κ1) is 14.8. The number of alkyl halides is 3. The van der Waals surface area contributed by atoms with Gasteiger partial charge in [-0.3, -0.25) is 0 Å². The van der Waals surface area contributed by atoms with Crippen LogP contribution in [0.5, 0.6) is 0 Å². The Kier molecular flexibility index (Phi) is 5.40. The first-order chi connectivity index (χ1) is 8.49. The topological polar surface area (TPSA) is 42.1 Å². The summed E-state index contributed by atoms with van der Waals surface area (Å²) < 4.78 is 37.8. The van der Waals surface area contributed by atoms with E-state index in [4.69, 9.17) is 5.73 Å². The average Bonchev–Trinajstić information content (AvgIpc) is 2.33. The molecule has 0 aliphatic carbocycles. The number of pyridine rings is 1. The predicted octanol–water partition coefficient (Wildman–Crippen LogP) is 2.67. The summed E-state index contributed by atoms with van der Waals surface area (Å²) in [6.45, 7) is 3.60. The Morgan fingerprint density at radius 1 is 1.33 bits per heavy atom. The van der Waals surface area contributed by atoms with Gasteiger partial charge in [-0.25, -0.2) is 4.98 Å². The number of halogens is 3. The van der Waals surface area contributed by atoms with Gasteiger partial charge in [-0.05, 0) is 18.6 Å². The van der Waals surface area contributed by atoms with Crippen LogP contribution in [0.15, 0.2) is 18.3 Å². The maximum atomic E-state index is 12.6. The van der Waals surface area contributed by atoms with Crippen molar-refractivity contribution in [3.8, 4) is 0 Å². The summed E-state index contributed by atoms with van der Waals surface area (Å²) in [7, 11) is 0. The molecule has 1 heterocycles. The monoisotopic (exact) mass is 261 g/mol. The third-order valence-electron chi connectivity index (χ3n) is 2.58. The van der Waals surface area contributed by atoms with Gasteiger partial charge in [-0.15, -0.1) is 0 Å². The minimum Gasteiger partial charge on any atom is -0.355 e. The van der Waals surface area contributed by atoms with Crippen molar-refractivity contribution >= 4 is 5.82 Å². The van der Waals surface area contributed by atoms with Crippen LogP contribution in [0.3, 0.4) is 0 Å². The summed E-state index contributed by atoms with van der Waals surface area (Å²) >= 11 is 0. The van der Waals surface area contributed by atoms with Crippen molar-refractivity contribution in [2.45, 2.75) is 25.9 Å². The Hall–Kier alpha value is -1.30. The van der Waals surface area contributed by atoms with Gasteiger partial charge in [0.1, 0.15) is 5.82 Å². The van der Waals surface area contributed by atoms with Gasteiger partial charge in [0.25, 0.3) is 0 Å². The number of nitrogens with zero attached hydrogens (tertiary/aromatic N) is 2. The second-order valence-corrected chi connectivity index (χ2v) is 4.03.